The van der Waals surface area contributed by atoms with Gasteiger partial charge in [0, 0.05) is 0 Å². The van der Waals surface area contributed by atoms with E-state index in [9.17, 15) is 4.57 Å². The smallest absolute Gasteiger partial charge is 0.323 e. The van der Waals surface area contributed by atoms with Gasteiger partial charge in [-0.3, -0.25) is 4.57 Å². The van der Waals surface area contributed by atoms with Crippen LogP contribution in [0.4, 0.5) is 0 Å². The molecule has 11 heavy (non-hydrogen) atoms. The average molecular weight is 181 g/mol. The molecular weight excluding hydrogens is 165 g/mol. The third-order valence-corrected chi connectivity index (χ3v) is 2.32. The van der Waals surface area contributed by atoms with Crippen molar-refractivity contribution in [1.29, 1.82) is 0 Å². The van der Waals surface area contributed by atoms with Crippen molar-refractivity contribution in [3.05, 3.63) is 0 Å². The normalized spacial score (nSPS) is 17.9. The second-order valence-corrected chi connectivity index (χ2v) is 5.13. The number of hydrogen-bond donors (Lipinski definition) is 2. The van der Waals surface area contributed by atoms with Gasteiger partial charge in [-0.25, -0.2) is 0 Å². The summed E-state index contributed by atoms with van der Waals surface area (Å²) in [5.41, 5.74) is -0.568. The van der Waals surface area contributed by atoms with Gasteiger partial charge in [-0.05, 0) is 27.8 Å². The first-order valence-corrected chi connectivity index (χ1v) is 5.20. The first-order chi connectivity index (χ1) is 4.77. The van der Waals surface area contributed by atoms with Crippen molar-refractivity contribution < 1.29 is 14.0 Å². The van der Waals surface area contributed by atoms with Crippen LogP contribution in [0.1, 0.15) is 20.8 Å². The summed E-state index contributed by atoms with van der Waals surface area (Å²) in [5.74, 6) is 0. The van der Waals surface area contributed by atoms with Crippen molar-refractivity contribution in [3.63, 3.8) is 0 Å². The van der Waals surface area contributed by atoms with Crippen LogP contribution in [0, 0.1) is 0 Å². The highest BCUT2D eigenvalue weighted by molar-refractivity contribution is 7.52. The summed E-state index contributed by atoms with van der Waals surface area (Å²) in [6.45, 7) is 5.22. The van der Waals surface area contributed by atoms with E-state index in [0.29, 0.717) is 0 Å². The molecule has 5 heteroatoms. The highest BCUT2D eigenvalue weighted by atomic mass is 31.2. The van der Waals surface area contributed by atoms with Gasteiger partial charge in [0.15, 0.2) is 0 Å². The van der Waals surface area contributed by atoms with E-state index in [1.54, 1.807) is 27.8 Å². The van der Waals surface area contributed by atoms with E-state index in [0.717, 1.165) is 0 Å². The molecule has 0 radical (unpaired) electrons. The summed E-state index contributed by atoms with van der Waals surface area (Å²) in [6, 6.07) is 0. The highest BCUT2D eigenvalue weighted by Gasteiger charge is 2.25. The number of rotatable bonds is 3. The Bertz CT molecular complexity index is 164. The molecule has 0 rings (SSSR count). The van der Waals surface area contributed by atoms with Crippen molar-refractivity contribution in [2.75, 3.05) is 13.3 Å². The Morgan fingerprint density at radius 2 is 2.00 bits per heavy atom. The highest BCUT2D eigenvalue weighted by Crippen LogP contribution is 2.44. The lowest BCUT2D eigenvalue weighted by molar-refractivity contribution is 0.111. The molecule has 0 aliphatic heterocycles. The first-order valence-electron chi connectivity index (χ1n) is 3.44. The van der Waals surface area contributed by atoms with E-state index in [-0.39, 0.29) is 6.29 Å². The fourth-order valence-electron chi connectivity index (χ4n) is 0.660. The third-order valence-electron chi connectivity index (χ3n) is 0.774. The predicted octanol–water partition coefficient (Wildman–Crippen LogP) is 1.16. The summed E-state index contributed by atoms with van der Waals surface area (Å²) in [5, 5.41) is 2.59. The summed E-state index contributed by atoms with van der Waals surface area (Å²) >= 11 is 0. The molecule has 68 valence electrons. The van der Waals surface area contributed by atoms with Crippen molar-refractivity contribution >= 4 is 7.60 Å². The monoisotopic (exact) mass is 181 g/mol. The van der Waals surface area contributed by atoms with Crippen molar-refractivity contribution in [3.8, 4) is 0 Å². The Balaban J connectivity index is 4.03. The topological polar surface area (TPSA) is 58.6 Å². The molecule has 0 bridgehead atoms. The summed E-state index contributed by atoms with van der Waals surface area (Å²) < 4.78 is 16.0. The Hall–Kier alpha value is 0.110. The van der Waals surface area contributed by atoms with Crippen LogP contribution in [-0.4, -0.2) is 23.8 Å². The zero-order valence-electron chi connectivity index (χ0n) is 7.42. The molecule has 0 saturated carbocycles. The standard InChI is InChI=1S/C6H16NO3P/c1-6(2,3)10-11(8,9)5-7-4/h7H,5H2,1-4H3,(H,8,9). The molecule has 0 heterocycles. The number of nitrogens with one attached hydrogen (secondary N) is 1. The SMILES string of the molecule is CNCP(=O)(O)OC(C)(C)C. The molecule has 0 aromatic heterocycles. The minimum absolute atomic E-state index is 0.00965. The zero-order valence-corrected chi connectivity index (χ0v) is 8.31. The predicted molar refractivity (Wildman–Crippen MR) is 44.6 cm³/mol. The van der Waals surface area contributed by atoms with Gasteiger partial charge in [0.1, 0.15) is 0 Å². The van der Waals surface area contributed by atoms with Crippen LogP contribution in [0.15, 0.2) is 0 Å². The van der Waals surface area contributed by atoms with Gasteiger partial charge in [-0.1, -0.05) is 0 Å². The molecule has 4 nitrogen and oxygen atoms in total. The van der Waals surface area contributed by atoms with Crippen molar-refractivity contribution in [2.45, 2.75) is 26.4 Å². The zero-order chi connectivity index (χ0) is 9.12. The largest absolute Gasteiger partial charge is 0.342 e. The second kappa shape index (κ2) is 3.68. The molecule has 0 aromatic rings. The summed E-state index contributed by atoms with van der Waals surface area (Å²) in [7, 11) is -1.82. The molecule has 0 spiro atoms. The van der Waals surface area contributed by atoms with Gasteiger partial charge < -0.3 is 14.7 Å². The maximum atomic E-state index is 11.1. The maximum absolute atomic E-state index is 11.1. The summed E-state index contributed by atoms with van der Waals surface area (Å²) in [6.07, 6.45) is -0.00965. The lowest BCUT2D eigenvalue weighted by Gasteiger charge is -2.23. The van der Waals surface area contributed by atoms with Gasteiger partial charge >= 0.3 is 7.60 Å². The fraction of sp³-hybridized carbons (Fsp3) is 1.00. The Morgan fingerprint density at radius 3 is 2.27 bits per heavy atom. The van der Waals surface area contributed by atoms with Gasteiger partial charge in [-0.15, -0.1) is 0 Å². The minimum atomic E-state index is -3.43. The molecule has 0 aromatic carbocycles. The molecular formula is C6H16NO3P. The van der Waals surface area contributed by atoms with E-state index >= 15 is 0 Å². The van der Waals surface area contributed by atoms with E-state index in [1.807, 2.05) is 0 Å². The van der Waals surface area contributed by atoms with Gasteiger partial charge in [0.25, 0.3) is 0 Å². The average Bonchev–Trinajstić information content (AvgIpc) is 1.55. The summed E-state index contributed by atoms with van der Waals surface area (Å²) in [4.78, 5) is 9.12. The molecule has 1 atom stereocenters. The van der Waals surface area contributed by atoms with Gasteiger partial charge in [0.05, 0.1) is 11.9 Å². The van der Waals surface area contributed by atoms with Crippen molar-refractivity contribution in [2.24, 2.45) is 0 Å². The van der Waals surface area contributed by atoms with Crippen LogP contribution in [0.25, 0.3) is 0 Å². The Kier molecular flexibility index (Phi) is 3.71. The van der Waals surface area contributed by atoms with E-state index in [4.69, 9.17) is 9.42 Å². The molecule has 2 N–H and O–H groups in total. The third kappa shape index (κ3) is 6.51. The lowest BCUT2D eigenvalue weighted by Crippen LogP contribution is -2.21. The quantitative estimate of drug-likeness (QED) is 0.641. The second-order valence-electron chi connectivity index (χ2n) is 3.35. The Labute approximate surface area is 67.5 Å². The van der Waals surface area contributed by atoms with Crippen molar-refractivity contribution in [1.82, 2.24) is 5.32 Å². The van der Waals surface area contributed by atoms with E-state index in [1.165, 1.54) is 0 Å². The number of hydrogen-bond acceptors (Lipinski definition) is 3. The molecule has 0 fully saturated rings. The van der Waals surface area contributed by atoms with Crippen LogP contribution >= 0.6 is 7.60 Å². The van der Waals surface area contributed by atoms with E-state index < -0.39 is 13.2 Å². The molecule has 0 amide bonds. The first kappa shape index (κ1) is 11.1. The fourth-order valence-corrected chi connectivity index (χ4v) is 1.98. The molecule has 0 aliphatic carbocycles. The van der Waals surface area contributed by atoms with Crippen LogP contribution in [0.3, 0.4) is 0 Å². The van der Waals surface area contributed by atoms with Crippen LogP contribution in [0.2, 0.25) is 0 Å². The van der Waals surface area contributed by atoms with Crippen LogP contribution in [0.5, 0.6) is 0 Å². The Morgan fingerprint density at radius 1 is 1.55 bits per heavy atom. The van der Waals surface area contributed by atoms with Crippen LogP contribution < -0.4 is 5.32 Å². The molecule has 0 saturated heterocycles. The molecule has 1 unspecified atom stereocenters. The van der Waals surface area contributed by atoms with Crippen LogP contribution in [-0.2, 0) is 9.09 Å². The van der Waals surface area contributed by atoms with E-state index in [2.05, 4.69) is 5.32 Å². The van der Waals surface area contributed by atoms with Gasteiger partial charge in [-0.2, -0.15) is 0 Å². The van der Waals surface area contributed by atoms with Gasteiger partial charge in [0.2, 0.25) is 0 Å². The molecule has 0 aliphatic rings. The minimum Gasteiger partial charge on any atom is -0.323 e. The maximum Gasteiger partial charge on any atom is 0.342 e. The lowest BCUT2D eigenvalue weighted by atomic mass is 10.2.